The Kier molecular flexibility index (Phi) is 8.09. The minimum absolute atomic E-state index is 0.348. The maximum absolute atomic E-state index is 12.5. The molecule has 0 aromatic heterocycles. The van der Waals surface area contributed by atoms with Gasteiger partial charge >= 0.3 is 0 Å². The van der Waals surface area contributed by atoms with Gasteiger partial charge in [-0.3, -0.25) is 9.59 Å². The van der Waals surface area contributed by atoms with Crippen molar-refractivity contribution < 1.29 is 19.1 Å². The van der Waals surface area contributed by atoms with E-state index in [0.29, 0.717) is 30.4 Å². The summed E-state index contributed by atoms with van der Waals surface area (Å²) in [7, 11) is 0. The highest BCUT2D eigenvalue weighted by Crippen LogP contribution is 2.29. The molecule has 28 heavy (non-hydrogen) atoms. The monoisotopic (exact) mass is 382 g/mol. The molecule has 6 heteroatoms. The quantitative estimate of drug-likeness (QED) is 0.649. The van der Waals surface area contributed by atoms with Gasteiger partial charge in [0, 0.05) is 12.1 Å². The highest BCUT2D eigenvalue weighted by molar-refractivity contribution is 6.00. The Morgan fingerprint density at radius 1 is 1.04 bits per heavy atom. The molecule has 0 heterocycles. The third-order valence-corrected chi connectivity index (χ3v) is 3.80. The van der Waals surface area contributed by atoms with E-state index in [4.69, 9.17) is 9.47 Å². The first kappa shape index (κ1) is 21.0. The smallest absolute Gasteiger partial charge is 0.246 e. The first-order valence-electron chi connectivity index (χ1n) is 9.27. The van der Waals surface area contributed by atoms with Crippen LogP contribution in [0.15, 0.2) is 54.6 Å². The van der Waals surface area contributed by atoms with Crippen molar-refractivity contribution in [3.05, 3.63) is 60.2 Å². The SMILES string of the molecule is CCOc1ccc(OCC)c(NC(=O)C(C)NC(=O)/C=C/c2ccccc2)c1. The molecule has 0 saturated carbocycles. The highest BCUT2D eigenvalue weighted by Gasteiger charge is 2.17. The maximum atomic E-state index is 12.5. The zero-order chi connectivity index (χ0) is 20.4. The third kappa shape index (κ3) is 6.46. The van der Waals surface area contributed by atoms with E-state index in [1.807, 2.05) is 44.2 Å². The van der Waals surface area contributed by atoms with E-state index in [1.54, 1.807) is 31.2 Å². The average Bonchev–Trinajstić information content (AvgIpc) is 2.69. The van der Waals surface area contributed by atoms with E-state index < -0.39 is 6.04 Å². The van der Waals surface area contributed by atoms with E-state index in [-0.39, 0.29) is 11.8 Å². The minimum atomic E-state index is -0.724. The van der Waals surface area contributed by atoms with Crippen LogP contribution >= 0.6 is 0 Å². The van der Waals surface area contributed by atoms with Crippen LogP contribution in [0, 0.1) is 0 Å². The first-order valence-corrected chi connectivity index (χ1v) is 9.27. The molecule has 0 radical (unpaired) electrons. The van der Waals surface area contributed by atoms with Gasteiger partial charge in [-0.15, -0.1) is 0 Å². The van der Waals surface area contributed by atoms with E-state index in [1.165, 1.54) is 6.08 Å². The number of benzene rings is 2. The molecule has 2 rings (SSSR count). The number of rotatable bonds is 9. The number of amides is 2. The third-order valence-electron chi connectivity index (χ3n) is 3.80. The van der Waals surface area contributed by atoms with E-state index in [9.17, 15) is 9.59 Å². The number of anilines is 1. The van der Waals surface area contributed by atoms with Crippen molar-refractivity contribution in [3.63, 3.8) is 0 Å². The fraction of sp³-hybridized carbons (Fsp3) is 0.273. The summed E-state index contributed by atoms with van der Waals surface area (Å²) in [4.78, 5) is 24.6. The number of hydrogen-bond donors (Lipinski definition) is 2. The molecule has 0 aliphatic heterocycles. The van der Waals surface area contributed by atoms with Crippen molar-refractivity contribution in [2.75, 3.05) is 18.5 Å². The standard InChI is InChI=1S/C22H26N2O4/c1-4-27-18-12-13-20(28-5-2)19(15-18)24-22(26)16(3)23-21(25)14-11-17-9-7-6-8-10-17/h6-16H,4-5H2,1-3H3,(H,23,25)(H,24,26)/b14-11+. The van der Waals surface area contributed by atoms with Crippen molar-refractivity contribution in [1.29, 1.82) is 0 Å². The van der Waals surface area contributed by atoms with E-state index in [2.05, 4.69) is 10.6 Å². The zero-order valence-corrected chi connectivity index (χ0v) is 16.4. The molecule has 6 nitrogen and oxygen atoms in total. The second-order valence-electron chi connectivity index (χ2n) is 5.99. The van der Waals surface area contributed by atoms with Gasteiger partial charge in [-0.1, -0.05) is 30.3 Å². The van der Waals surface area contributed by atoms with Crippen LogP contribution in [0.4, 0.5) is 5.69 Å². The van der Waals surface area contributed by atoms with E-state index >= 15 is 0 Å². The second kappa shape index (κ2) is 10.8. The average molecular weight is 382 g/mol. The summed E-state index contributed by atoms with van der Waals surface area (Å²) in [5.74, 6) is 0.473. The number of nitrogens with one attached hydrogen (secondary N) is 2. The van der Waals surface area contributed by atoms with Gasteiger partial charge in [0.05, 0.1) is 18.9 Å². The van der Waals surface area contributed by atoms with Gasteiger partial charge in [-0.2, -0.15) is 0 Å². The van der Waals surface area contributed by atoms with Crippen LogP contribution in [0.25, 0.3) is 6.08 Å². The van der Waals surface area contributed by atoms with E-state index in [0.717, 1.165) is 5.56 Å². The summed E-state index contributed by atoms with van der Waals surface area (Å²) >= 11 is 0. The predicted octanol–water partition coefficient (Wildman–Crippen LogP) is 3.64. The molecule has 0 fully saturated rings. The van der Waals surface area contributed by atoms with Gasteiger partial charge < -0.3 is 20.1 Å². The molecule has 0 bridgehead atoms. The molecule has 0 spiro atoms. The summed E-state index contributed by atoms with van der Waals surface area (Å²) in [5, 5.41) is 5.44. The van der Waals surface area contributed by atoms with Crippen molar-refractivity contribution in [1.82, 2.24) is 5.32 Å². The first-order chi connectivity index (χ1) is 13.5. The predicted molar refractivity (Wildman–Crippen MR) is 110 cm³/mol. The molecular weight excluding hydrogens is 356 g/mol. The van der Waals surface area contributed by atoms with Crippen LogP contribution in [0.5, 0.6) is 11.5 Å². The summed E-state index contributed by atoms with van der Waals surface area (Å²) in [6.45, 7) is 6.35. The Hall–Kier alpha value is -3.28. The van der Waals surface area contributed by atoms with Crippen molar-refractivity contribution >= 4 is 23.6 Å². The van der Waals surface area contributed by atoms with Crippen molar-refractivity contribution in [2.45, 2.75) is 26.8 Å². The van der Waals surface area contributed by atoms with Gasteiger partial charge in [0.1, 0.15) is 17.5 Å². The topological polar surface area (TPSA) is 76.7 Å². The summed E-state index contributed by atoms with van der Waals surface area (Å²) in [6, 6.07) is 14.0. The molecule has 2 amide bonds. The fourth-order valence-corrected chi connectivity index (χ4v) is 2.45. The molecule has 0 saturated heterocycles. The second-order valence-corrected chi connectivity index (χ2v) is 5.99. The van der Waals surface area contributed by atoms with Crippen LogP contribution in [0.1, 0.15) is 26.3 Å². The van der Waals surface area contributed by atoms with Crippen LogP contribution in [0.2, 0.25) is 0 Å². The number of ether oxygens (including phenoxy) is 2. The summed E-state index contributed by atoms with van der Waals surface area (Å²) in [5.41, 5.74) is 1.41. The fourth-order valence-electron chi connectivity index (χ4n) is 2.45. The molecule has 2 N–H and O–H groups in total. The Labute approximate surface area is 165 Å². The number of carbonyl (C=O) groups excluding carboxylic acids is 2. The minimum Gasteiger partial charge on any atom is -0.494 e. The molecule has 2 aromatic carbocycles. The molecular formula is C22H26N2O4. The lowest BCUT2D eigenvalue weighted by Crippen LogP contribution is -2.40. The summed E-state index contributed by atoms with van der Waals surface area (Å²) < 4.78 is 11.0. The Bertz CT molecular complexity index is 819. The lowest BCUT2D eigenvalue weighted by molar-refractivity contribution is -0.123. The zero-order valence-electron chi connectivity index (χ0n) is 16.4. The highest BCUT2D eigenvalue weighted by atomic mass is 16.5. The Balaban J connectivity index is 2.00. The molecule has 1 unspecified atom stereocenters. The number of hydrogen-bond acceptors (Lipinski definition) is 4. The summed E-state index contributed by atoms with van der Waals surface area (Å²) in [6.07, 6.45) is 3.10. The molecule has 148 valence electrons. The molecule has 1 atom stereocenters. The molecule has 2 aromatic rings. The van der Waals surface area contributed by atoms with Crippen LogP contribution in [-0.4, -0.2) is 31.1 Å². The molecule has 0 aliphatic rings. The Morgan fingerprint density at radius 3 is 2.43 bits per heavy atom. The van der Waals surface area contributed by atoms with Gasteiger partial charge in [-0.05, 0) is 44.5 Å². The van der Waals surface area contributed by atoms with Gasteiger partial charge in [-0.25, -0.2) is 0 Å². The lowest BCUT2D eigenvalue weighted by Gasteiger charge is -2.16. The van der Waals surface area contributed by atoms with Crippen LogP contribution < -0.4 is 20.1 Å². The van der Waals surface area contributed by atoms with Gasteiger partial charge in [0.2, 0.25) is 11.8 Å². The number of carbonyl (C=O) groups is 2. The van der Waals surface area contributed by atoms with Crippen LogP contribution in [-0.2, 0) is 9.59 Å². The lowest BCUT2D eigenvalue weighted by atomic mass is 10.2. The Morgan fingerprint density at radius 2 is 1.75 bits per heavy atom. The maximum Gasteiger partial charge on any atom is 0.246 e. The van der Waals surface area contributed by atoms with Gasteiger partial charge in [0.15, 0.2) is 0 Å². The molecule has 0 aliphatic carbocycles. The van der Waals surface area contributed by atoms with Crippen molar-refractivity contribution in [2.24, 2.45) is 0 Å². The normalized spacial score (nSPS) is 11.7. The van der Waals surface area contributed by atoms with Crippen molar-refractivity contribution in [3.8, 4) is 11.5 Å². The van der Waals surface area contributed by atoms with Gasteiger partial charge in [0.25, 0.3) is 0 Å². The largest absolute Gasteiger partial charge is 0.494 e. The van der Waals surface area contributed by atoms with Crippen LogP contribution in [0.3, 0.4) is 0 Å².